The Kier molecular flexibility index (Phi) is 3.84. The Balaban J connectivity index is 2.05. The second kappa shape index (κ2) is 5.96. The number of ether oxygens (including phenoxy) is 1. The highest BCUT2D eigenvalue weighted by Crippen LogP contribution is 2.27. The summed E-state index contributed by atoms with van der Waals surface area (Å²) in [6.45, 7) is 3.04. The highest BCUT2D eigenvalue weighted by atomic mass is 16.5. The van der Waals surface area contributed by atoms with Crippen LogP contribution in [0.2, 0.25) is 0 Å². The monoisotopic (exact) mass is 310 g/mol. The van der Waals surface area contributed by atoms with E-state index < -0.39 is 0 Å². The normalized spacial score (nSPS) is 10.7. The SMILES string of the molecule is CC(=O)Cn1nc(C(C)=O)c2cc(Oc3cncnc3)ccc21. The summed E-state index contributed by atoms with van der Waals surface area (Å²) in [6, 6.07) is 5.25. The average Bonchev–Trinajstić information content (AvgIpc) is 2.86. The van der Waals surface area contributed by atoms with Gasteiger partial charge in [0.15, 0.2) is 17.3 Å². The number of Topliss-reactive ketones (excluding diaryl/α,β-unsaturated/α-hetero) is 2. The molecule has 0 amide bonds. The minimum atomic E-state index is -0.169. The van der Waals surface area contributed by atoms with Gasteiger partial charge in [-0.1, -0.05) is 0 Å². The minimum Gasteiger partial charge on any atom is -0.454 e. The van der Waals surface area contributed by atoms with Crippen LogP contribution in [0.3, 0.4) is 0 Å². The van der Waals surface area contributed by atoms with Gasteiger partial charge < -0.3 is 4.74 Å². The van der Waals surface area contributed by atoms with E-state index in [9.17, 15) is 9.59 Å². The maximum Gasteiger partial charge on any atom is 0.180 e. The molecule has 0 aliphatic carbocycles. The number of carbonyl (C=O) groups is 2. The molecule has 0 unspecified atom stereocenters. The fourth-order valence-electron chi connectivity index (χ4n) is 2.29. The summed E-state index contributed by atoms with van der Waals surface area (Å²) in [4.78, 5) is 30.9. The van der Waals surface area contributed by atoms with E-state index >= 15 is 0 Å². The molecule has 0 aliphatic rings. The third kappa shape index (κ3) is 3.08. The van der Waals surface area contributed by atoms with Gasteiger partial charge in [-0.05, 0) is 25.1 Å². The van der Waals surface area contributed by atoms with E-state index in [4.69, 9.17) is 4.74 Å². The van der Waals surface area contributed by atoms with Crippen LogP contribution in [0.5, 0.6) is 11.5 Å². The lowest BCUT2D eigenvalue weighted by atomic mass is 10.1. The number of aromatic nitrogens is 4. The van der Waals surface area contributed by atoms with Crippen LogP contribution in [0.15, 0.2) is 36.9 Å². The third-order valence-corrected chi connectivity index (χ3v) is 3.20. The van der Waals surface area contributed by atoms with E-state index in [0.29, 0.717) is 28.1 Å². The molecular weight excluding hydrogens is 296 g/mol. The van der Waals surface area contributed by atoms with Crippen molar-refractivity contribution in [1.82, 2.24) is 19.7 Å². The fraction of sp³-hybridized carbons (Fsp3) is 0.188. The number of rotatable bonds is 5. The quantitative estimate of drug-likeness (QED) is 0.673. The summed E-state index contributed by atoms with van der Waals surface area (Å²) < 4.78 is 7.20. The zero-order valence-electron chi connectivity index (χ0n) is 12.7. The second-order valence-electron chi connectivity index (χ2n) is 5.12. The van der Waals surface area contributed by atoms with Crippen molar-refractivity contribution in [3.63, 3.8) is 0 Å². The van der Waals surface area contributed by atoms with Gasteiger partial charge in [0.05, 0.1) is 24.5 Å². The van der Waals surface area contributed by atoms with Crippen molar-refractivity contribution in [3.05, 3.63) is 42.6 Å². The lowest BCUT2D eigenvalue weighted by molar-refractivity contribution is -0.117. The number of benzene rings is 1. The summed E-state index contributed by atoms with van der Waals surface area (Å²) in [5.41, 5.74) is 1.03. The van der Waals surface area contributed by atoms with E-state index in [-0.39, 0.29) is 18.1 Å². The van der Waals surface area contributed by atoms with Crippen molar-refractivity contribution in [3.8, 4) is 11.5 Å². The number of fused-ring (bicyclic) bond motifs is 1. The molecule has 0 saturated heterocycles. The summed E-state index contributed by atoms with van der Waals surface area (Å²) in [5.74, 6) is 0.827. The van der Waals surface area contributed by atoms with Gasteiger partial charge in [0.2, 0.25) is 0 Å². The molecule has 7 heteroatoms. The maximum absolute atomic E-state index is 11.8. The van der Waals surface area contributed by atoms with Gasteiger partial charge in [0, 0.05) is 12.3 Å². The van der Waals surface area contributed by atoms with E-state index in [1.807, 2.05) is 0 Å². The number of carbonyl (C=O) groups excluding carboxylic acids is 2. The van der Waals surface area contributed by atoms with Gasteiger partial charge in [-0.2, -0.15) is 5.10 Å². The molecule has 3 aromatic rings. The highest BCUT2D eigenvalue weighted by Gasteiger charge is 2.16. The van der Waals surface area contributed by atoms with Gasteiger partial charge >= 0.3 is 0 Å². The zero-order valence-corrected chi connectivity index (χ0v) is 12.7. The van der Waals surface area contributed by atoms with Crippen LogP contribution in [0.1, 0.15) is 24.3 Å². The molecule has 0 bridgehead atoms. The maximum atomic E-state index is 11.8. The van der Waals surface area contributed by atoms with Crippen molar-refractivity contribution in [2.75, 3.05) is 0 Å². The lowest BCUT2D eigenvalue weighted by Gasteiger charge is -2.05. The van der Waals surface area contributed by atoms with Crippen molar-refractivity contribution in [2.24, 2.45) is 0 Å². The van der Waals surface area contributed by atoms with Crippen molar-refractivity contribution in [1.29, 1.82) is 0 Å². The second-order valence-corrected chi connectivity index (χ2v) is 5.12. The van der Waals surface area contributed by atoms with Gasteiger partial charge in [-0.25, -0.2) is 9.97 Å². The molecule has 0 fully saturated rings. The van der Waals surface area contributed by atoms with Crippen molar-refractivity contribution >= 4 is 22.5 Å². The first-order chi connectivity index (χ1) is 11.0. The first kappa shape index (κ1) is 14.8. The van der Waals surface area contributed by atoms with E-state index in [2.05, 4.69) is 15.1 Å². The van der Waals surface area contributed by atoms with Crippen molar-refractivity contribution in [2.45, 2.75) is 20.4 Å². The molecule has 0 N–H and O–H groups in total. The predicted molar refractivity (Wildman–Crippen MR) is 82.5 cm³/mol. The van der Waals surface area contributed by atoms with Crippen LogP contribution >= 0.6 is 0 Å². The van der Waals surface area contributed by atoms with E-state index in [1.165, 1.54) is 24.9 Å². The lowest BCUT2D eigenvalue weighted by Crippen LogP contribution is -2.08. The van der Waals surface area contributed by atoms with Gasteiger partial charge in [0.1, 0.15) is 17.8 Å². The molecule has 0 atom stereocenters. The Morgan fingerprint density at radius 3 is 2.52 bits per heavy atom. The number of hydrogen-bond acceptors (Lipinski definition) is 6. The summed E-state index contributed by atoms with van der Waals surface area (Å²) in [7, 11) is 0. The molecule has 0 spiro atoms. The van der Waals surface area contributed by atoms with Crippen LogP contribution < -0.4 is 4.74 Å². The molecule has 1 aromatic carbocycles. The van der Waals surface area contributed by atoms with Gasteiger partial charge in [0.25, 0.3) is 0 Å². The van der Waals surface area contributed by atoms with Crippen LogP contribution in [0.4, 0.5) is 0 Å². The Bertz CT molecular complexity index is 887. The molecule has 2 heterocycles. The first-order valence-electron chi connectivity index (χ1n) is 6.98. The average molecular weight is 310 g/mol. The highest BCUT2D eigenvalue weighted by molar-refractivity contribution is 6.05. The van der Waals surface area contributed by atoms with Crippen LogP contribution in [-0.4, -0.2) is 31.3 Å². The van der Waals surface area contributed by atoms with Crippen LogP contribution in [0.25, 0.3) is 10.9 Å². The third-order valence-electron chi connectivity index (χ3n) is 3.20. The molecular formula is C16H14N4O3. The summed E-state index contributed by atoms with van der Waals surface area (Å²) in [6.07, 6.45) is 4.50. The van der Waals surface area contributed by atoms with E-state index in [1.54, 1.807) is 30.6 Å². The molecule has 2 aromatic heterocycles. The predicted octanol–water partition coefficient (Wildman–Crippen LogP) is 2.41. The summed E-state index contributed by atoms with van der Waals surface area (Å²) in [5, 5.41) is 4.89. The van der Waals surface area contributed by atoms with Gasteiger partial charge in [-0.15, -0.1) is 0 Å². The van der Waals surface area contributed by atoms with Crippen LogP contribution in [0, 0.1) is 0 Å². The van der Waals surface area contributed by atoms with Gasteiger partial charge in [-0.3, -0.25) is 14.3 Å². The molecule has 3 rings (SSSR count). The Morgan fingerprint density at radius 1 is 1.13 bits per heavy atom. The molecule has 23 heavy (non-hydrogen) atoms. The van der Waals surface area contributed by atoms with Crippen molar-refractivity contribution < 1.29 is 14.3 Å². The summed E-state index contributed by atoms with van der Waals surface area (Å²) >= 11 is 0. The van der Waals surface area contributed by atoms with Crippen LogP contribution in [-0.2, 0) is 11.3 Å². The Hall–Kier alpha value is -3.09. The fourth-order valence-corrected chi connectivity index (χ4v) is 2.29. The molecule has 0 radical (unpaired) electrons. The number of nitrogens with zero attached hydrogens (tertiary/aromatic N) is 4. The smallest absolute Gasteiger partial charge is 0.180 e. The standard InChI is InChI=1S/C16H14N4O3/c1-10(21)8-20-15-4-3-12(23-13-6-17-9-18-7-13)5-14(15)16(19-20)11(2)22/h3-7,9H,8H2,1-2H3. The largest absolute Gasteiger partial charge is 0.454 e. The molecule has 0 aliphatic heterocycles. The number of hydrogen-bond donors (Lipinski definition) is 0. The Morgan fingerprint density at radius 2 is 1.87 bits per heavy atom. The molecule has 116 valence electrons. The Labute approximate surface area is 131 Å². The number of ketones is 2. The van der Waals surface area contributed by atoms with E-state index in [0.717, 1.165) is 0 Å². The molecule has 7 nitrogen and oxygen atoms in total. The molecule has 0 saturated carbocycles. The first-order valence-corrected chi connectivity index (χ1v) is 6.98. The zero-order chi connectivity index (χ0) is 16.4. The minimum absolute atomic E-state index is 0.0359. The topological polar surface area (TPSA) is 87.0 Å².